The molecule has 0 radical (unpaired) electrons. The summed E-state index contributed by atoms with van der Waals surface area (Å²) in [6, 6.07) is 12.4. The van der Waals surface area contributed by atoms with Gasteiger partial charge in [-0.3, -0.25) is 10.1 Å². The van der Waals surface area contributed by atoms with Gasteiger partial charge in [0.25, 0.3) is 0 Å². The van der Waals surface area contributed by atoms with Gasteiger partial charge in [0.2, 0.25) is 0 Å². The number of hydrogen-bond donors (Lipinski definition) is 2. The number of aromatic nitrogens is 7. The van der Waals surface area contributed by atoms with Gasteiger partial charge >= 0.3 is 0 Å². The molecule has 0 fully saturated rings. The van der Waals surface area contributed by atoms with Crippen molar-refractivity contribution in [2.45, 2.75) is 0 Å². The smallest absolute Gasteiger partial charge is 0.159 e. The van der Waals surface area contributed by atoms with Gasteiger partial charge in [-0.25, -0.2) is 19.3 Å². The van der Waals surface area contributed by atoms with E-state index in [2.05, 4.69) is 30.1 Å². The van der Waals surface area contributed by atoms with E-state index in [1.807, 2.05) is 43.3 Å². The van der Waals surface area contributed by atoms with Crippen molar-refractivity contribution in [2.75, 3.05) is 27.2 Å². The molecule has 0 atom stereocenters. The second-order valence-electron chi connectivity index (χ2n) is 8.93. The third-order valence-electron chi connectivity index (χ3n) is 6.03. The molecule has 9 nitrogen and oxygen atoms in total. The average Bonchev–Trinajstić information content (AvgIpc) is 3.52. The first-order valence-electron chi connectivity index (χ1n) is 11.7. The summed E-state index contributed by atoms with van der Waals surface area (Å²) in [7, 11) is 3.92. The molecular formula is C27H23FN8O. The monoisotopic (exact) mass is 494 g/mol. The Morgan fingerprint density at radius 3 is 2.62 bits per heavy atom. The minimum Gasteiger partial charge on any atom is -0.492 e. The third kappa shape index (κ3) is 4.50. The van der Waals surface area contributed by atoms with Crippen LogP contribution >= 0.6 is 0 Å². The van der Waals surface area contributed by atoms with Crippen molar-refractivity contribution in [1.82, 2.24) is 40.0 Å². The fourth-order valence-electron chi connectivity index (χ4n) is 4.21. The minimum atomic E-state index is -0.400. The first-order chi connectivity index (χ1) is 18.0. The summed E-state index contributed by atoms with van der Waals surface area (Å²) in [4.78, 5) is 22.9. The van der Waals surface area contributed by atoms with Crippen molar-refractivity contribution in [3.8, 4) is 39.7 Å². The SMILES string of the molecule is CN(C)CCOc1cc(F)cc(-c2nccc3[nH]c(-c4n[nH]c5ccc(-c6cncnc6)cc45)nc23)c1. The molecule has 0 saturated carbocycles. The Bertz CT molecular complexity index is 1710. The molecule has 0 unspecified atom stereocenters. The van der Waals surface area contributed by atoms with Crippen LogP contribution in [0.1, 0.15) is 0 Å². The van der Waals surface area contributed by atoms with E-state index in [1.54, 1.807) is 24.7 Å². The number of hydrogen-bond acceptors (Lipinski definition) is 7. The van der Waals surface area contributed by atoms with Crippen LogP contribution in [-0.2, 0) is 0 Å². The van der Waals surface area contributed by atoms with E-state index in [-0.39, 0.29) is 0 Å². The topological polar surface area (TPSA) is 108 Å². The number of nitrogens with zero attached hydrogens (tertiary/aromatic N) is 6. The Labute approximate surface area is 211 Å². The van der Waals surface area contributed by atoms with Gasteiger partial charge in [-0.05, 0) is 50.0 Å². The Morgan fingerprint density at radius 1 is 0.919 bits per heavy atom. The van der Waals surface area contributed by atoms with Crippen molar-refractivity contribution in [1.29, 1.82) is 0 Å². The molecule has 0 amide bonds. The highest BCUT2D eigenvalue weighted by molar-refractivity contribution is 5.97. The summed E-state index contributed by atoms with van der Waals surface area (Å²) in [5.41, 5.74) is 5.94. The average molecular weight is 495 g/mol. The first kappa shape index (κ1) is 22.7. The van der Waals surface area contributed by atoms with E-state index < -0.39 is 5.82 Å². The summed E-state index contributed by atoms with van der Waals surface area (Å²) in [5, 5.41) is 8.49. The molecule has 2 N–H and O–H groups in total. The largest absolute Gasteiger partial charge is 0.492 e. The summed E-state index contributed by atoms with van der Waals surface area (Å²) in [5.74, 6) is 0.626. The highest BCUT2D eigenvalue weighted by Gasteiger charge is 2.17. The van der Waals surface area contributed by atoms with Crippen molar-refractivity contribution in [3.63, 3.8) is 0 Å². The number of benzene rings is 2. The van der Waals surface area contributed by atoms with Crippen LogP contribution in [-0.4, -0.2) is 67.3 Å². The maximum absolute atomic E-state index is 14.5. The number of imidazole rings is 1. The lowest BCUT2D eigenvalue weighted by molar-refractivity contribution is 0.260. The quantitative estimate of drug-likeness (QED) is 0.331. The number of likely N-dealkylation sites (N-methyl/N-ethyl adjacent to an activating group) is 1. The molecule has 4 heterocycles. The van der Waals surface area contributed by atoms with Gasteiger partial charge < -0.3 is 14.6 Å². The number of rotatable bonds is 7. The second kappa shape index (κ2) is 9.40. The molecule has 0 spiro atoms. The summed E-state index contributed by atoms with van der Waals surface area (Å²) in [6.07, 6.45) is 6.71. The number of fused-ring (bicyclic) bond motifs is 2. The highest BCUT2D eigenvalue weighted by atomic mass is 19.1. The molecule has 2 aromatic carbocycles. The summed E-state index contributed by atoms with van der Waals surface area (Å²) < 4.78 is 20.3. The lowest BCUT2D eigenvalue weighted by Gasteiger charge is -2.12. The van der Waals surface area contributed by atoms with Crippen LogP contribution in [0.2, 0.25) is 0 Å². The van der Waals surface area contributed by atoms with Crippen molar-refractivity contribution < 1.29 is 9.13 Å². The zero-order chi connectivity index (χ0) is 25.4. The fraction of sp³-hybridized carbons (Fsp3) is 0.148. The van der Waals surface area contributed by atoms with Crippen molar-refractivity contribution >= 4 is 21.9 Å². The molecule has 10 heteroatoms. The maximum Gasteiger partial charge on any atom is 0.159 e. The summed E-state index contributed by atoms with van der Waals surface area (Å²) >= 11 is 0. The Balaban J connectivity index is 1.41. The van der Waals surface area contributed by atoms with Gasteiger partial charge in [0.05, 0.1) is 16.7 Å². The number of ether oxygens (including phenoxy) is 1. The lowest BCUT2D eigenvalue weighted by Crippen LogP contribution is -2.19. The van der Waals surface area contributed by atoms with Gasteiger partial charge in [-0.15, -0.1) is 0 Å². The lowest BCUT2D eigenvalue weighted by atomic mass is 10.1. The van der Waals surface area contributed by atoms with Crippen LogP contribution in [0.25, 0.3) is 55.8 Å². The zero-order valence-corrected chi connectivity index (χ0v) is 20.2. The molecule has 0 aliphatic rings. The minimum absolute atomic E-state index is 0.400. The molecular weight excluding hydrogens is 471 g/mol. The maximum atomic E-state index is 14.5. The van der Waals surface area contributed by atoms with Crippen molar-refractivity contribution in [2.24, 2.45) is 0 Å². The van der Waals surface area contributed by atoms with Crippen LogP contribution in [0.15, 0.2) is 67.4 Å². The number of pyridine rings is 1. The van der Waals surface area contributed by atoms with E-state index in [1.165, 1.54) is 18.5 Å². The molecule has 0 bridgehead atoms. The van der Waals surface area contributed by atoms with Gasteiger partial charge in [-0.2, -0.15) is 5.10 Å². The van der Waals surface area contributed by atoms with Gasteiger partial charge in [-0.1, -0.05) is 6.07 Å². The predicted molar refractivity (Wildman–Crippen MR) is 139 cm³/mol. The predicted octanol–water partition coefficient (Wildman–Crippen LogP) is 4.70. The van der Waals surface area contributed by atoms with E-state index >= 15 is 0 Å². The Hall–Kier alpha value is -4.70. The number of aromatic amines is 2. The van der Waals surface area contributed by atoms with Gasteiger partial charge in [0, 0.05) is 47.7 Å². The Morgan fingerprint density at radius 2 is 1.78 bits per heavy atom. The first-order valence-corrected chi connectivity index (χ1v) is 11.7. The van der Waals surface area contributed by atoms with Crippen LogP contribution < -0.4 is 4.74 Å². The normalized spacial score (nSPS) is 11.6. The molecule has 37 heavy (non-hydrogen) atoms. The molecule has 0 aliphatic heterocycles. The van der Waals surface area contributed by atoms with E-state index in [0.29, 0.717) is 40.6 Å². The van der Waals surface area contributed by atoms with Crippen molar-refractivity contribution in [3.05, 3.63) is 73.2 Å². The van der Waals surface area contributed by atoms with E-state index in [9.17, 15) is 4.39 Å². The van der Waals surface area contributed by atoms with Gasteiger partial charge in [0.1, 0.15) is 35.7 Å². The summed E-state index contributed by atoms with van der Waals surface area (Å²) in [6.45, 7) is 1.17. The van der Waals surface area contributed by atoms with E-state index in [4.69, 9.17) is 9.72 Å². The number of halogens is 1. The fourth-order valence-corrected chi connectivity index (χ4v) is 4.21. The second-order valence-corrected chi connectivity index (χ2v) is 8.93. The number of nitrogens with one attached hydrogen (secondary N) is 2. The van der Waals surface area contributed by atoms with Crippen LogP contribution in [0, 0.1) is 5.82 Å². The van der Waals surface area contributed by atoms with Crippen LogP contribution in [0.4, 0.5) is 4.39 Å². The molecule has 0 saturated heterocycles. The van der Waals surface area contributed by atoms with Crippen LogP contribution in [0.5, 0.6) is 5.75 Å². The van der Waals surface area contributed by atoms with E-state index in [0.717, 1.165) is 34.1 Å². The van der Waals surface area contributed by atoms with Crippen LogP contribution in [0.3, 0.4) is 0 Å². The molecule has 6 aromatic rings. The molecule has 0 aliphatic carbocycles. The Kier molecular flexibility index (Phi) is 5.78. The highest BCUT2D eigenvalue weighted by Crippen LogP contribution is 2.33. The third-order valence-corrected chi connectivity index (χ3v) is 6.03. The standard InChI is InChI=1S/C27H23FN8O/c1-36(2)7-8-37-20-10-17(9-19(28)12-20)24-26-23(5-6-31-24)32-27(33-26)25-21-11-16(3-4-22(21)34-35-25)18-13-29-15-30-14-18/h3-6,9-15H,7-8H2,1-2H3,(H,32,33)(H,34,35). The molecule has 184 valence electrons. The molecule has 6 rings (SSSR count). The number of H-pyrrole nitrogens is 2. The van der Waals surface area contributed by atoms with Gasteiger partial charge in [0.15, 0.2) is 5.82 Å². The zero-order valence-electron chi connectivity index (χ0n) is 20.2. The molecule has 4 aromatic heterocycles.